The molecule has 0 spiro atoms. The lowest BCUT2D eigenvalue weighted by atomic mass is 9.66. The summed E-state index contributed by atoms with van der Waals surface area (Å²) in [5.74, 6) is 0. The van der Waals surface area contributed by atoms with Crippen LogP contribution in [-0.4, -0.2) is 27.6 Å². The third-order valence-corrected chi connectivity index (χ3v) is 2.57. The number of hydrogen-bond acceptors (Lipinski definition) is 2. The van der Waals surface area contributed by atoms with Crippen LogP contribution in [-0.2, 0) is 0 Å². The molecule has 0 saturated heterocycles. The second-order valence-corrected chi connectivity index (χ2v) is 3.33. The molecule has 1 aliphatic carbocycles. The molecule has 5 heteroatoms. The molecule has 0 aromatic carbocycles. The average molecular weight is 221 g/mol. The maximum absolute atomic E-state index is 13.4. The molecular weight excluding hydrogens is 214 g/mol. The Bertz CT molecular complexity index is 207. The van der Waals surface area contributed by atoms with Crippen LogP contribution in [0.3, 0.4) is 0 Å². The molecule has 2 N–H and O–H groups in total. The van der Waals surface area contributed by atoms with Gasteiger partial charge in [0.2, 0.25) is 0 Å². The molecule has 2 unspecified atom stereocenters. The number of halogens is 2. The minimum atomic E-state index is -2.10. The predicted octanol–water partition coefficient (Wildman–Crippen LogP) is 0.596. The lowest BCUT2D eigenvalue weighted by Crippen LogP contribution is -2.47. The van der Waals surface area contributed by atoms with Crippen molar-refractivity contribution in [2.45, 2.75) is 10.4 Å². The van der Waals surface area contributed by atoms with E-state index in [0.29, 0.717) is 0 Å². The van der Waals surface area contributed by atoms with Crippen LogP contribution in [0.5, 0.6) is 0 Å². The highest BCUT2D eigenvalue weighted by Gasteiger charge is 2.46. The van der Waals surface area contributed by atoms with Crippen LogP contribution in [0.2, 0.25) is 0 Å². The van der Waals surface area contributed by atoms with Gasteiger partial charge in [-0.15, -0.1) is 0 Å². The maximum atomic E-state index is 13.4. The topological polar surface area (TPSA) is 40.5 Å². The van der Waals surface area contributed by atoms with E-state index in [2.05, 4.69) is 15.9 Å². The summed E-state index contributed by atoms with van der Waals surface area (Å²) in [6.45, 7) is 0. The molecule has 0 aromatic rings. The fourth-order valence-corrected chi connectivity index (χ4v) is 1.40. The molecule has 0 bridgehead atoms. The third-order valence-electron chi connectivity index (χ3n) is 1.56. The monoisotopic (exact) mass is 220 g/mol. The Hall–Kier alpha value is -0.125. The summed E-state index contributed by atoms with van der Waals surface area (Å²) in [6.07, 6.45) is 5.72. The van der Waals surface area contributed by atoms with Crippen LogP contribution in [0.1, 0.15) is 0 Å². The first-order valence-electron chi connectivity index (χ1n) is 3.12. The van der Waals surface area contributed by atoms with Crippen molar-refractivity contribution in [3.8, 4) is 0 Å². The first-order chi connectivity index (χ1) is 5.07. The zero-order valence-corrected chi connectivity index (χ0v) is 7.20. The van der Waals surface area contributed by atoms with Gasteiger partial charge >= 0.3 is 7.12 Å². The standard InChI is InChI=1S/C6H7BBrFO2/c8-5-3-1-2-4-6(5,9)7(10)11/h1-5,10-11H. The van der Waals surface area contributed by atoms with Crippen LogP contribution in [0, 0.1) is 0 Å². The van der Waals surface area contributed by atoms with Gasteiger partial charge in [0.1, 0.15) is 0 Å². The zero-order valence-electron chi connectivity index (χ0n) is 5.61. The van der Waals surface area contributed by atoms with E-state index in [9.17, 15) is 4.39 Å². The Morgan fingerprint density at radius 1 is 1.45 bits per heavy atom. The van der Waals surface area contributed by atoms with E-state index in [1.54, 1.807) is 6.08 Å². The van der Waals surface area contributed by atoms with Crippen molar-refractivity contribution < 1.29 is 14.4 Å². The molecule has 60 valence electrons. The summed E-state index contributed by atoms with van der Waals surface area (Å²) in [4.78, 5) is -0.681. The second kappa shape index (κ2) is 3.09. The largest absolute Gasteiger partial charge is 0.497 e. The Labute approximate surface area is 72.7 Å². The van der Waals surface area contributed by atoms with Gasteiger partial charge in [-0.25, -0.2) is 4.39 Å². The van der Waals surface area contributed by atoms with E-state index in [4.69, 9.17) is 10.0 Å². The Balaban J connectivity index is 2.85. The molecule has 0 saturated carbocycles. The molecule has 0 heterocycles. The quantitative estimate of drug-likeness (QED) is 0.502. The van der Waals surface area contributed by atoms with Crippen molar-refractivity contribution >= 4 is 23.0 Å². The minimum absolute atomic E-state index is 0.681. The van der Waals surface area contributed by atoms with Crippen molar-refractivity contribution in [1.82, 2.24) is 0 Å². The van der Waals surface area contributed by atoms with Crippen molar-refractivity contribution in [3.05, 3.63) is 24.3 Å². The van der Waals surface area contributed by atoms with E-state index in [1.165, 1.54) is 12.2 Å². The molecule has 1 aliphatic rings. The molecule has 0 fully saturated rings. The van der Waals surface area contributed by atoms with Gasteiger partial charge in [0.05, 0.1) is 4.83 Å². The summed E-state index contributed by atoms with van der Waals surface area (Å²) in [5.41, 5.74) is -2.10. The first kappa shape index (κ1) is 8.97. The van der Waals surface area contributed by atoms with Crippen molar-refractivity contribution in [2.75, 3.05) is 0 Å². The zero-order chi connectivity index (χ0) is 8.48. The fraction of sp³-hybridized carbons (Fsp3) is 0.333. The highest BCUT2D eigenvalue weighted by atomic mass is 79.9. The molecule has 0 aliphatic heterocycles. The summed E-state index contributed by atoms with van der Waals surface area (Å²) in [7, 11) is -1.99. The van der Waals surface area contributed by atoms with Crippen molar-refractivity contribution in [3.63, 3.8) is 0 Å². The molecular formula is C6H7BBrFO2. The third kappa shape index (κ3) is 1.55. The summed E-state index contributed by atoms with van der Waals surface area (Å²) in [6, 6.07) is 0. The van der Waals surface area contributed by atoms with Gasteiger partial charge in [0.25, 0.3) is 0 Å². The van der Waals surface area contributed by atoms with Crippen LogP contribution in [0.15, 0.2) is 24.3 Å². The van der Waals surface area contributed by atoms with Gasteiger partial charge in [0.15, 0.2) is 5.57 Å². The fourth-order valence-electron chi connectivity index (χ4n) is 0.833. The van der Waals surface area contributed by atoms with E-state index < -0.39 is 17.5 Å². The molecule has 1 rings (SSSR count). The molecule has 11 heavy (non-hydrogen) atoms. The van der Waals surface area contributed by atoms with Crippen LogP contribution < -0.4 is 0 Å². The van der Waals surface area contributed by atoms with Gasteiger partial charge < -0.3 is 10.0 Å². The van der Waals surface area contributed by atoms with E-state index >= 15 is 0 Å². The SMILES string of the molecule is OB(O)C1(F)C=CC=CC1Br. The second-order valence-electron chi connectivity index (χ2n) is 2.35. The minimum Gasteiger partial charge on any atom is -0.425 e. The first-order valence-corrected chi connectivity index (χ1v) is 4.04. The molecule has 2 nitrogen and oxygen atoms in total. The van der Waals surface area contributed by atoms with E-state index in [0.717, 1.165) is 6.08 Å². The summed E-state index contributed by atoms with van der Waals surface area (Å²) < 4.78 is 13.4. The number of rotatable bonds is 1. The van der Waals surface area contributed by atoms with Crippen LogP contribution in [0.4, 0.5) is 4.39 Å². The van der Waals surface area contributed by atoms with E-state index in [-0.39, 0.29) is 0 Å². The van der Waals surface area contributed by atoms with Gasteiger partial charge in [-0.05, 0) is 6.08 Å². The molecule has 0 aromatic heterocycles. The van der Waals surface area contributed by atoms with Gasteiger partial charge in [0, 0.05) is 0 Å². The number of hydrogen-bond donors (Lipinski definition) is 2. The van der Waals surface area contributed by atoms with Gasteiger partial charge in [-0.2, -0.15) is 0 Å². The Morgan fingerprint density at radius 2 is 2.09 bits per heavy atom. The molecule has 2 atom stereocenters. The Morgan fingerprint density at radius 3 is 2.45 bits per heavy atom. The summed E-state index contributed by atoms with van der Waals surface area (Å²) in [5, 5.41) is 17.3. The van der Waals surface area contributed by atoms with Crippen molar-refractivity contribution in [2.24, 2.45) is 0 Å². The normalized spacial score (nSPS) is 35.8. The van der Waals surface area contributed by atoms with Gasteiger partial charge in [-0.3, -0.25) is 0 Å². The van der Waals surface area contributed by atoms with Crippen molar-refractivity contribution in [1.29, 1.82) is 0 Å². The lowest BCUT2D eigenvalue weighted by Gasteiger charge is -2.25. The predicted molar refractivity (Wildman–Crippen MR) is 45.0 cm³/mol. The molecule has 0 radical (unpaired) electrons. The highest BCUT2D eigenvalue weighted by molar-refractivity contribution is 9.09. The number of alkyl halides is 2. The molecule has 0 amide bonds. The number of allylic oxidation sites excluding steroid dienone is 4. The van der Waals surface area contributed by atoms with Crippen LogP contribution >= 0.6 is 15.9 Å². The Kier molecular flexibility index (Phi) is 2.52. The van der Waals surface area contributed by atoms with E-state index in [1.807, 2.05) is 0 Å². The van der Waals surface area contributed by atoms with Gasteiger partial charge in [-0.1, -0.05) is 34.2 Å². The average Bonchev–Trinajstić information content (AvgIpc) is 1.95. The van der Waals surface area contributed by atoms with Crippen LogP contribution in [0.25, 0.3) is 0 Å². The maximum Gasteiger partial charge on any atom is 0.497 e. The summed E-state index contributed by atoms with van der Waals surface area (Å²) >= 11 is 2.98. The smallest absolute Gasteiger partial charge is 0.425 e. The lowest BCUT2D eigenvalue weighted by molar-refractivity contribution is 0.251. The highest BCUT2D eigenvalue weighted by Crippen LogP contribution is 2.29.